The molecule has 86 valence electrons. The molecule has 0 aromatic heterocycles. The van der Waals surface area contributed by atoms with Crippen molar-refractivity contribution in [3.05, 3.63) is 0 Å². The van der Waals surface area contributed by atoms with E-state index in [2.05, 4.69) is 19.2 Å². The Morgan fingerprint density at radius 3 is 2.60 bits per heavy atom. The van der Waals surface area contributed by atoms with Gasteiger partial charge in [-0.05, 0) is 74.3 Å². The summed E-state index contributed by atoms with van der Waals surface area (Å²) in [5.74, 6) is 4.18. The van der Waals surface area contributed by atoms with Crippen molar-refractivity contribution < 1.29 is 0 Å². The molecule has 0 radical (unpaired) electrons. The predicted octanol–water partition coefficient (Wildman–Crippen LogP) is 3.06. The molecule has 0 spiro atoms. The van der Waals surface area contributed by atoms with E-state index in [0.717, 1.165) is 23.7 Å². The molecule has 3 aliphatic carbocycles. The zero-order chi connectivity index (χ0) is 10.5. The highest BCUT2D eigenvalue weighted by molar-refractivity contribution is 5.04. The van der Waals surface area contributed by atoms with E-state index >= 15 is 0 Å². The van der Waals surface area contributed by atoms with Crippen LogP contribution in [0.2, 0.25) is 0 Å². The van der Waals surface area contributed by atoms with Gasteiger partial charge in [-0.3, -0.25) is 0 Å². The first-order chi connectivity index (χ1) is 7.19. The van der Waals surface area contributed by atoms with Gasteiger partial charge >= 0.3 is 0 Å². The summed E-state index contributed by atoms with van der Waals surface area (Å²) in [4.78, 5) is 0. The third-order valence-corrected chi connectivity index (χ3v) is 5.85. The molecule has 1 saturated heterocycles. The van der Waals surface area contributed by atoms with Gasteiger partial charge in [0, 0.05) is 0 Å². The van der Waals surface area contributed by atoms with Crippen molar-refractivity contribution in [2.24, 2.45) is 29.1 Å². The molecule has 4 rings (SSSR count). The van der Waals surface area contributed by atoms with Crippen LogP contribution in [0.4, 0.5) is 0 Å². The summed E-state index contributed by atoms with van der Waals surface area (Å²) in [7, 11) is 0. The summed E-state index contributed by atoms with van der Waals surface area (Å²) >= 11 is 0. The van der Waals surface area contributed by atoms with Gasteiger partial charge in [-0.2, -0.15) is 0 Å². The Labute approximate surface area is 94.0 Å². The Morgan fingerprint density at radius 1 is 1.13 bits per heavy atom. The Balaban J connectivity index is 1.70. The largest absolute Gasteiger partial charge is 0.316 e. The fourth-order valence-corrected chi connectivity index (χ4v) is 4.68. The number of hydrogen-bond acceptors (Lipinski definition) is 1. The lowest BCUT2D eigenvalue weighted by Crippen LogP contribution is -2.55. The van der Waals surface area contributed by atoms with Crippen molar-refractivity contribution in [3.8, 4) is 0 Å². The molecule has 4 fully saturated rings. The summed E-state index contributed by atoms with van der Waals surface area (Å²) in [5.41, 5.74) is 0.681. The molecule has 1 heterocycles. The molecule has 1 heteroatoms. The molecule has 4 atom stereocenters. The number of piperidine rings is 1. The smallest absolute Gasteiger partial charge is 0.00178 e. The van der Waals surface area contributed by atoms with Crippen molar-refractivity contribution in [3.63, 3.8) is 0 Å². The minimum absolute atomic E-state index is 0.681. The molecule has 1 nitrogen and oxygen atoms in total. The molecule has 4 unspecified atom stereocenters. The molecule has 0 amide bonds. The number of fused-ring (bicyclic) bond motifs is 2. The highest BCUT2D eigenvalue weighted by Gasteiger charge is 2.55. The van der Waals surface area contributed by atoms with Gasteiger partial charge in [0.25, 0.3) is 0 Å². The van der Waals surface area contributed by atoms with E-state index in [0.29, 0.717) is 5.41 Å². The van der Waals surface area contributed by atoms with Crippen LogP contribution in [0.5, 0.6) is 0 Å². The lowest BCUT2D eigenvalue weighted by atomic mass is 9.44. The van der Waals surface area contributed by atoms with E-state index < -0.39 is 0 Å². The van der Waals surface area contributed by atoms with Gasteiger partial charge in [-0.1, -0.05) is 13.8 Å². The van der Waals surface area contributed by atoms with E-state index in [1.165, 1.54) is 38.8 Å². The molecular formula is C14H25N. The van der Waals surface area contributed by atoms with Crippen LogP contribution in [0.15, 0.2) is 0 Å². The Hall–Kier alpha value is -0.0400. The predicted molar refractivity (Wildman–Crippen MR) is 63.7 cm³/mol. The monoisotopic (exact) mass is 207 g/mol. The summed E-state index contributed by atoms with van der Waals surface area (Å²) in [6.45, 7) is 7.62. The van der Waals surface area contributed by atoms with Gasteiger partial charge in [-0.15, -0.1) is 0 Å². The Kier molecular flexibility index (Phi) is 2.35. The fraction of sp³-hybridized carbons (Fsp3) is 1.00. The Bertz CT molecular complexity index is 238. The molecule has 15 heavy (non-hydrogen) atoms. The van der Waals surface area contributed by atoms with Gasteiger partial charge < -0.3 is 5.32 Å². The topological polar surface area (TPSA) is 12.0 Å². The van der Waals surface area contributed by atoms with E-state index in [1.807, 2.05) is 0 Å². The first-order valence-corrected chi connectivity index (χ1v) is 6.90. The third-order valence-electron chi connectivity index (χ3n) is 5.85. The van der Waals surface area contributed by atoms with Crippen molar-refractivity contribution in [1.82, 2.24) is 5.32 Å². The van der Waals surface area contributed by atoms with E-state index in [4.69, 9.17) is 0 Å². The first-order valence-electron chi connectivity index (χ1n) is 6.90. The maximum Gasteiger partial charge on any atom is -0.00178 e. The standard InChI is InChI=1S/C14H25N/c1-14(2)11-5-6-12(13(14)8-11)10-4-3-7-15-9-10/h10-13,15H,3-9H2,1-2H3. The molecule has 0 aromatic carbocycles. The fourth-order valence-electron chi connectivity index (χ4n) is 4.68. The van der Waals surface area contributed by atoms with Crippen molar-refractivity contribution >= 4 is 0 Å². The zero-order valence-electron chi connectivity index (χ0n) is 10.3. The minimum Gasteiger partial charge on any atom is -0.316 e. The van der Waals surface area contributed by atoms with E-state index in [1.54, 1.807) is 6.42 Å². The van der Waals surface area contributed by atoms with Crippen molar-refractivity contribution in [2.75, 3.05) is 13.1 Å². The number of hydrogen-bond donors (Lipinski definition) is 1. The second-order valence-electron chi connectivity index (χ2n) is 6.71. The maximum atomic E-state index is 3.60. The Morgan fingerprint density at radius 2 is 2.00 bits per heavy atom. The van der Waals surface area contributed by atoms with Gasteiger partial charge in [0.2, 0.25) is 0 Å². The van der Waals surface area contributed by atoms with E-state index in [9.17, 15) is 0 Å². The van der Waals surface area contributed by atoms with Gasteiger partial charge in [0.15, 0.2) is 0 Å². The number of nitrogens with one attached hydrogen (secondary N) is 1. The van der Waals surface area contributed by atoms with Crippen LogP contribution >= 0.6 is 0 Å². The zero-order valence-corrected chi connectivity index (χ0v) is 10.3. The van der Waals surface area contributed by atoms with Crippen molar-refractivity contribution in [1.29, 1.82) is 0 Å². The molecule has 0 aromatic rings. The first kappa shape index (κ1) is 10.1. The van der Waals surface area contributed by atoms with E-state index in [-0.39, 0.29) is 0 Å². The maximum absolute atomic E-state index is 3.60. The molecular weight excluding hydrogens is 182 g/mol. The highest BCUT2D eigenvalue weighted by atomic mass is 14.9. The van der Waals surface area contributed by atoms with Gasteiger partial charge in [-0.25, -0.2) is 0 Å². The summed E-state index contributed by atoms with van der Waals surface area (Å²) in [6, 6.07) is 0. The van der Waals surface area contributed by atoms with Gasteiger partial charge in [0.1, 0.15) is 0 Å². The summed E-state index contributed by atoms with van der Waals surface area (Å²) in [5, 5.41) is 3.60. The third kappa shape index (κ3) is 1.46. The van der Waals surface area contributed by atoms with Crippen molar-refractivity contribution in [2.45, 2.75) is 46.0 Å². The second kappa shape index (κ2) is 3.48. The van der Waals surface area contributed by atoms with Crippen LogP contribution in [-0.2, 0) is 0 Å². The summed E-state index contributed by atoms with van der Waals surface area (Å²) in [6.07, 6.45) is 7.51. The quantitative estimate of drug-likeness (QED) is 0.697. The van der Waals surface area contributed by atoms with Crippen LogP contribution in [0.3, 0.4) is 0 Å². The molecule has 1 aliphatic heterocycles. The average molecular weight is 207 g/mol. The molecule has 4 aliphatic rings. The number of rotatable bonds is 1. The normalized spacial score (nSPS) is 48.4. The lowest BCUT2D eigenvalue weighted by molar-refractivity contribution is -0.123. The van der Waals surface area contributed by atoms with Crippen LogP contribution in [-0.4, -0.2) is 13.1 Å². The molecule has 1 N–H and O–H groups in total. The van der Waals surface area contributed by atoms with Crippen LogP contribution < -0.4 is 5.32 Å². The van der Waals surface area contributed by atoms with Crippen LogP contribution in [0.25, 0.3) is 0 Å². The minimum atomic E-state index is 0.681. The lowest BCUT2D eigenvalue weighted by Gasteiger charge is -2.62. The average Bonchev–Trinajstić information content (AvgIpc) is 2.30. The van der Waals surface area contributed by atoms with Crippen LogP contribution in [0.1, 0.15) is 46.0 Å². The molecule has 2 bridgehead atoms. The molecule has 3 saturated carbocycles. The SMILES string of the molecule is CC1(C)C2CCC(C3CCCNC3)C1C2. The second-order valence-corrected chi connectivity index (χ2v) is 6.71. The summed E-state index contributed by atoms with van der Waals surface area (Å²) < 4.78 is 0. The van der Waals surface area contributed by atoms with Crippen LogP contribution in [0, 0.1) is 29.1 Å². The highest BCUT2D eigenvalue weighted by Crippen LogP contribution is 2.63. The van der Waals surface area contributed by atoms with Gasteiger partial charge in [0.05, 0.1) is 0 Å².